The zero-order chi connectivity index (χ0) is 20.5. The summed E-state index contributed by atoms with van der Waals surface area (Å²) >= 11 is 6.43. The Morgan fingerprint density at radius 1 is 1.25 bits per heavy atom. The average molecular weight is 429 g/mol. The second kappa shape index (κ2) is 6.44. The van der Waals surface area contributed by atoms with E-state index in [1.807, 2.05) is 20.8 Å². The molecule has 0 saturated heterocycles. The van der Waals surface area contributed by atoms with E-state index in [9.17, 15) is 13.2 Å². The van der Waals surface area contributed by atoms with E-state index in [4.69, 9.17) is 11.6 Å². The molecule has 1 aromatic rings. The third-order valence-electron chi connectivity index (χ3n) is 6.56. The van der Waals surface area contributed by atoms with Crippen LogP contribution >= 0.6 is 11.6 Å². The van der Waals surface area contributed by atoms with E-state index in [2.05, 4.69) is 15.1 Å². The predicted octanol–water partition coefficient (Wildman–Crippen LogP) is 2.52. The van der Waals surface area contributed by atoms with E-state index in [1.54, 1.807) is 4.68 Å². The van der Waals surface area contributed by atoms with Gasteiger partial charge in [-0.15, -0.1) is 0 Å². The largest absolute Gasteiger partial charge is 0.349 e. The summed E-state index contributed by atoms with van der Waals surface area (Å²) in [6.45, 7) is 5.96. The molecule has 4 fully saturated rings. The molecular weight excluding hydrogens is 400 g/mol. The van der Waals surface area contributed by atoms with Crippen LogP contribution in [0.4, 0.5) is 0 Å². The van der Waals surface area contributed by atoms with E-state index < -0.39 is 10.0 Å². The Kier molecular flexibility index (Phi) is 4.64. The molecule has 4 aliphatic carbocycles. The van der Waals surface area contributed by atoms with Crippen molar-refractivity contribution in [2.45, 2.75) is 70.0 Å². The van der Waals surface area contributed by atoms with Gasteiger partial charge in [-0.1, -0.05) is 11.6 Å². The molecule has 1 heterocycles. The third kappa shape index (κ3) is 3.59. The lowest BCUT2D eigenvalue weighted by Gasteiger charge is -2.59. The second-order valence-electron chi connectivity index (χ2n) is 10.1. The molecule has 156 valence electrons. The minimum absolute atomic E-state index is 0.0626. The molecule has 2 N–H and O–H groups in total. The molecule has 1 aromatic heterocycles. The summed E-state index contributed by atoms with van der Waals surface area (Å²) < 4.78 is 28.3. The quantitative estimate of drug-likeness (QED) is 0.770. The third-order valence-corrected chi connectivity index (χ3v) is 7.73. The van der Waals surface area contributed by atoms with Gasteiger partial charge in [0.1, 0.15) is 5.15 Å². The minimum Gasteiger partial charge on any atom is -0.349 e. The van der Waals surface area contributed by atoms with E-state index >= 15 is 0 Å². The molecule has 5 rings (SSSR count). The van der Waals surface area contributed by atoms with Crippen molar-refractivity contribution in [2.75, 3.05) is 6.26 Å². The van der Waals surface area contributed by atoms with Crippen LogP contribution in [-0.2, 0) is 15.6 Å². The van der Waals surface area contributed by atoms with Gasteiger partial charge in [-0.05, 0) is 70.6 Å². The number of carbonyl (C=O) groups is 1. The molecule has 7 nitrogen and oxygen atoms in total. The lowest BCUT2D eigenvalue weighted by molar-refractivity contribution is -0.0347. The van der Waals surface area contributed by atoms with E-state index in [0.29, 0.717) is 28.5 Å². The first kappa shape index (κ1) is 20.2. The van der Waals surface area contributed by atoms with Gasteiger partial charge < -0.3 is 5.32 Å². The molecule has 9 heteroatoms. The topological polar surface area (TPSA) is 93.1 Å². The molecule has 4 saturated carbocycles. The van der Waals surface area contributed by atoms with Crippen molar-refractivity contribution >= 4 is 27.5 Å². The highest BCUT2D eigenvalue weighted by Crippen LogP contribution is 2.56. The van der Waals surface area contributed by atoms with Crippen molar-refractivity contribution in [1.29, 1.82) is 0 Å². The van der Waals surface area contributed by atoms with Crippen molar-refractivity contribution in [3.63, 3.8) is 0 Å². The van der Waals surface area contributed by atoms with Gasteiger partial charge in [0.15, 0.2) is 0 Å². The smallest absolute Gasteiger partial charge is 0.256 e. The molecule has 4 bridgehead atoms. The van der Waals surface area contributed by atoms with Crippen LogP contribution in [0.25, 0.3) is 0 Å². The van der Waals surface area contributed by atoms with Crippen molar-refractivity contribution in [2.24, 2.45) is 17.8 Å². The zero-order valence-corrected chi connectivity index (χ0v) is 18.4. The van der Waals surface area contributed by atoms with Gasteiger partial charge in [-0.3, -0.25) is 4.79 Å². The number of carbonyl (C=O) groups excluding carboxylic acids is 1. The van der Waals surface area contributed by atoms with Gasteiger partial charge in [0.05, 0.1) is 23.6 Å². The number of sulfonamides is 1. The molecule has 0 radical (unpaired) electrons. The first-order valence-electron chi connectivity index (χ1n) is 9.91. The van der Waals surface area contributed by atoms with Crippen molar-refractivity contribution in [1.82, 2.24) is 19.8 Å². The van der Waals surface area contributed by atoms with E-state index in [-0.39, 0.29) is 23.0 Å². The highest BCUT2D eigenvalue weighted by Gasteiger charge is 2.56. The number of amides is 1. The van der Waals surface area contributed by atoms with Crippen molar-refractivity contribution < 1.29 is 13.2 Å². The Balaban J connectivity index is 1.52. The fourth-order valence-electron chi connectivity index (χ4n) is 5.96. The molecular formula is C19H29ClN4O3S. The Morgan fingerprint density at radius 2 is 1.86 bits per heavy atom. The van der Waals surface area contributed by atoms with Gasteiger partial charge in [0.2, 0.25) is 10.0 Å². The van der Waals surface area contributed by atoms with Crippen LogP contribution < -0.4 is 10.0 Å². The number of aromatic nitrogens is 2. The van der Waals surface area contributed by atoms with Crippen LogP contribution in [0.1, 0.15) is 63.2 Å². The van der Waals surface area contributed by atoms with E-state index in [1.165, 1.54) is 12.5 Å². The normalized spacial score (nSPS) is 34.6. The van der Waals surface area contributed by atoms with Crippen LogP contribution in [0.5, 0.6) is 0 Å². The maximum absolute atomic E-state index is 12.9. The summed E-state index contributed by atoms with van der Waals surface area (Å²) in [4.78, 5) is 12.9. The lowest BCUT2D eigenvalue weighted by Crippen LogP contribution is -2.66. The summed E-state index contributed by atoms with van der Waals surface area (Å²) in [5, 5.41) is 7.85. The van der Waals surface area contributed by atoms with Crippen LogP contribution in [0.2, 0.25) is 5.15 Å². The van der Waals surface area contributed by atoms with Gasteiger partial charge in [-0.25, -0.2) is 17.8 Å². The lowest BCUT2D eigenvalue weighted by atomic mass is 9.51. The Labute approximate surface area is 171 Å². The van der Waals surface area contributed by atoms with E-state index in [0.717, 1.165) is 32.1 Å². The Hall–Kier alpha value is -1.12. The highest BCUT2D eigenvalue weighted by molar-refractivity contribution is 7.88. The predicted molar refractivity (Wildman–Crippen MR) is 108 cm³/mol. The molecule has 4 aliphatic rings. The summed E-state index contributed by atoms with van der Waals surface area (Å²) in [6, 6.07) is 0.0626. The van der Waals surface area contributed by atoms with Crippen molar-refractivity contribution in [3.05, 3.63) is 16.9 Å². The Morgan fingerprint density at radius 3 is 2.36 bits per heavy atom. The van der Waals surface area contributed by atoms with Crippen LogP contribution in [0, 0.1) is 17.8 Å². The number of nitrogens with one attached hydrogen (secondary N) is 2. The number of halogens is 1. The van der Waals surface area contributed by atoms with Crippen LogP contribution in [0.3, 0.4) is 0 Å². The highest BCUT2D eigenvalue weighted by atomic mass is 35.5. The first-order chi connectivity index (χ1) is 12.9. The number of nitrogens with zero attached hydrogens (tertiary/aromatic N) is 2. The fourth-order valence-corrected chi connectivity index (χ4v) is 7.43. The molecule has 28 heavy (non-hydrogen) atoms. The number of rotatable bonds is 4. The number of hydrogen-bond acceptors (Lipinski definition) is 4. The van der Waals surface area contributed by atoms with Gasteiger partial charge in [-0.2, -0.15) is 5.10 Å². The van der Waals surface area contributed by atoms with Crippen molar-refractivity contribution in [3.8, 4) is 0 Å². The fraction of sp³-hybridized carbons (Fsp3) is 0.789. The van der Waals surface area contributed by atoms with Gasteiger partial charge >= 0.3 is 0 Å². The first-order valence-corrected chi connectivity index (χ1v) is 12.2. The second-order valence-corrected chi connectivity index (χ2v) is 12.2. The molecule has 2 unspecified atom stereocenters. The van der Waals surface area contributed by atoms with Gasteiger partial charge in [0.25, 0.3) is 5.91 Å². The van der Waals surface area contributed by atoms with Gasteiger partial charge in [0, 0.05) is 11.6 Å². The SMILES string of the molecule is CC(C)(C)n1ncc(C(=O)NC2C3CC4CC2CC(NS(C)(=O)=O)(C4)C3)c1Cl. The summed E-state index contributed by atoms with van der Waals surface area (Å²) in [7, 11) is -3.25. The molecule has 1 amide bonds. The average Bonchev–Trinajstić information content (AvgIpc) is 2.89. The van der Waals surface area contributed by atoms with Crippen LogP contribution in [-0.4, -0.2) is 41.9 Å². The summed E-state index contributed by atoms with van der Waals surface area (Å²) in [6.07, 6.45) is 7.34. The van der Waals surface area contributed by atoms with Crippen LogP contribution in [0.15, 0.2) is 6.20 Å². The molecule has 0 aromatic carbocycles. The standard InChI is InChI=1S/C19H29ClN4O3S/c1-18(2,3)24-16(20)14(10-21-24)17(25)22-15-12-5-11-6-13(15)9-19(7-11,8-12)23-28(4,26)27/h10-13,15,23H,5-9H2,1-4H3,(H,22,25). The number of hydrogen-bond donors (Lipinski definition) is 2. The molecule has 2 atom stereocenters. The molecule has 0 aliphatic heterocycles. The summed E-state index contributed by atoms with van der Waals surface area (Å²) in [5.41, 5.74) is -0.239. The molecule has 0 spiro atoms. The Bertz CT molecular complexity index is 889. The maximum atomic E-state index is 12.9. The summed E-state index contributed by atoms with van der Waals surface area (Å²) in [5.74, 6) is 0.928. The maximum Gasteiger partial charge on any atom is 0.256 e. The monoisotopic (exact) mass is 428 g/mol. The zero-order valence-electron chi connectivity index (χ0n) is 16.8. The minimum atomic E-state index is -3.25.